The maximum atomic E-state index is 12.1. The summed E-state index contributed by atoms with van der Waals surface area (Å²) < 4.78 is 5.71. The fourth-order valence-electron chi connectivity index (χ4n) is 1.90. The van der Waals surface area contributed by atoms with E-state index in [1.54, 1.807) is 13.2 Å². The topological polar surface area (TPSA) is 119 Å². The Balaban J connectivity index is 2.10. The second-order valence-electron chi connectivity index (χ2n) is 5.21. The second kappa shape index (κ2) is 6.48. The molecule has 1 aliphatic rings. The van der Waals surface area contributed by atoms with Gasteiger partial charge in [0.1, 0.15) is 11.5 Å². The number of phenolic OH excluding ortho intramolecular Hbond substituents is 1. The van der Waals surface area contributed by atoms with E-state index in [1.807, 2.05) is 0 Å². The number of phenols is 1. The van der Waals surface area contributed by atoms with E-state index in [0.29, 0.717) is 5.75 Å². The zero-order valence-corrected chi connectivity index (χ0v) is 12.3. The van der Waals surface area contributed by atoms with Gasteiger partial charge >= 0.3 is 5.91 Å². The first-order chi connectivity index (χ1) is 10.5. The van der Waals surface area contributed by atoms with Crippen molar-refractivity contribution in [2.75, 3.05) is 13.7 Å². The van der Waals surface area contributed by atoms with Gasteiger partial charge in [0.25, 0.3) is 5.84 Å². The molecule has 0 spiro atoms. The SMILES string of the molecule is CN/C=C\C(=[NH2+])NC(=O)c1cc(O)cc(OC2(C[OH2+])CC2)c1. The Morgan fingerprint density at radius 1 is 1.50 bits per heavy atom. The van der Waals surface area contributed by atoms with Gasteiger partial charge in [0.05, 0.1) is 5.56 Å². The zero-order valence-electron chi connectivity index (χ0n) is 12.3. The van der Waals surface area contributed by atoms with Gasteiger partial charge in [-0.2, -0.15) is 0 Å². The molecule has 2 rings (SSSR count). The zero-order chi connectivity index (χ0) is 16.2. The molecular formula is C15H21N3O4+2. The molecule has 0 bridgehead atoms. The van der Waals surface area contributed by atoms with Gasteiger partial charge in [0.2, 0.25) is 0 Å². The lowest BCUT2D eigenvalue weighted by Crippen LogP contribution is -2.49. The lowest BCUT2D eigenvalue weighted by molar-refractivity contribution is -0.115. The molecule has 118 valence electrons. The summed E-state index contributed by atoms with van der Waals surface area (Å²) in [6.45, 7) is 0.153. The van der Waals surface area contributed by atoms with Gasteiger partial charge in [-0.3, -0.25) is 5.41 Å². The minimum absolute atomic E-state index is 0.0761. The Kier molecular flexibility index (Phi) is 4.67. The van der Waals surface area contributed by atoms with Crippen LogP contribution in [0.3, 0.4) is 0 Å². The third-order valence-electron chi connectivity index (χ3n) is 3.31. The minimum atomic E-state index is -0.470. The van der Waals surface area contributed by atoms with Crippen molar-refractivity contribution in [2.24, 2.45) is 0 Å². The quantitative estimate of drug-likeness (QED) is 0.295. The lowest BCUT2D eigenvalue weighted by atomic mass is 10.2. The molecule has 0 unspecified atom stereocenters. The Labute approximate surface area is 128 Å². The molecule has 1 amide bonds. The van der Waals surface area contributed by atoms with Crippen LogP contribution in [0, 0.1) is 0 Å². The maximum absolute atomic E-state index is 12.1. The normalized spacial score (nSPS) is 15.4. The second-order valence-corrected chi connectivity index (χ2v) is 5.21. The molecule has 7 nitrogen and oxygen atoms in total. The molecule has 0 heterocycles. The molecule has 0 aliphatic heterocycles. The van der Waals surface area contributed by atoms with E-state index in [9.17, 15) is 9.90 Å². The van der Waals surface area contributed by atoms with E-state index in [-0.39, 0.29) is 23.8 Å². The third kappa shape index (κ3) is 3.98. The number of carbonyl (C=O) groups excluding carboxylic acids is 1. The number of nitrogens with two attached hydrogens (primary N) is 1. The highest BCUT2D eigenvalue weighted by atomic mass is 16.5. The highest BCUT2D eigenvalue weighted by Gasteiger charge is 2.48. The Morgan fingerprint density at radius 3 is 2.82 bits per heavy atom. The summed E-state index contributed by atoms with van der Waals surface area (Å²) in [4.78, 5) is 12.1. The summed E-state index contributed by atoms with van der Waals surface area (Å²) in [7, 11) is 1.71. The summed E-state index contributed by atoms with van der Waals surface area (Å²) in [5.74, 6) is 0.0247. The van der Waals surface area contributed by atoms with Crippen molar-refractivity contribution in [1.82, 2.24) is 10.6 Å². The van der Waals surface area contributed by atoms with Crippen molar-refractivity contribution < 1.29 is 25.2 Å². The van der Waals surface area contributed by atoms with Crippen molar-refractivity contribution in [2.45, 2.75) is 18.4 Å². The van der Waals surface area contributed by atoms with Crippen LogP contribution in [0.5, 0.6) is 11.5 Å². The number of carbonyl (C=O) groups is 1. The molecule has 1 saturated carbocycles. The van der Waals surface area contributed by atoms with Crippen LogP contribution in [0.15, 0.2) is 30.5 Å². The summed E-state index contributed by atoms with van der Waals surface area (Å²) in [5.41, 5.74) is -0.237. The molecule has 0 saturated heterocycles. The molecular weight excluding hydrogens is 286 g/mol. The standard InChI is InChI=1S/C15H19N3O4/c1-17-5-2-13(16)18-14(21)10-6-11(20)8-12(7-10)22-15(9-19)3-4-15/h2,5-8,17,19-20H,3-4,9H2,1H3,(H2,16,18,21)/p+2/b5-2-. The van der Waals surface area contributed by atoms with Crippen LogP contribution in [-0.4, -0.2) is 41.2 Å². The van der Waals surface area contributed by atoms with Gasteiger partial charge < -0.3 is 20.3 Å². The lowest BCUT2D eigenvalue weighted by Gasteiger charge is -2.14. The van der Waals surface area contributed by atoms with Gasteiger partial charge in [0.15, 0.2) is 12.2 Å². The number of hydrogen-bond acceptors (Lipinski definition) is 4. The van der Waals surface area contributed by atoms with E-state index in [2.05, 4.69) is 10.6 Å². The summed E-state index contributed by atoms with van der Waals surface area (Å²) >= 11 is 0. The van der Waals surface area contributed by atoms with Crippen LogP contribution in [-0.2, 0) is 0 Å². The van der Waals surface area contributed by atoms with E-state index in [1.165, 1.54) is 24.3 Å². The number of rotatable bonds is 6. The van der Waals surface area contributed by atoms with E-state index < -0.39 is 11.5 Å². The molecule has 0 atom stereocenters. The van der Waals surface area contributed by atoms with Crippen LogP contribution in [0.4, 0.5) is 0 Å². The Hall–Kier alpha value is -2.54. The van der Waals surface area contributed by atoms with Crippen LogP contribution in [0.25, 0.3) is 0 Å². The van der Waals surface area contributed by atoms with E-state index >= 15 is 0 Å². The third-order valence-corrected chi connectivity index (χ3v) is 3.31. The number of ether oxygens (including phenoxy) is 1. The molecule has 7 N–H and O–H groups in total. The average Bonchev–Trinajstić information content (AvgIpc) is 3.24. The molecule has 1 aromatic rings. The molecule has 7 heteroatoms. The first kappa shape index (κ1) is 15.8. The predicted octanol–water partition coefficient (Wildman–Crippen LogP) is -1.35. The summed E-state index contributed by atoms with van der Waals surface area (Å²) in [6, 6.07) is 4.29. The number of hydrogen-bond donors (Lipinski definition) is 4. The molecule has 22 heavy (non-hydrogen) atoms. The van der Waals surface area contributed by atoms with Crippen LogP contribution in [0.1, 0.15) is 23.2 Å². The summed E-state index contributed by atoms with van der Waals surface area (Å²) in [5, 5.41) is 28.1. The van der Waals surface area contributed by atoms with Crippen molar-refractivity contribution in [1.29, 1.82) is 0 Å². The van der Waals surface area contributed by atoms with Crippen LogP contribution < -0.4 is 20.8 Å². The van der Waals surface area contributed by atoms with Gasteiger partial charge in [-0.05, 0) is 25.0 Å². The summed E-state index contributed by atoms with van der Waals surface area (Å²) in [6.07, 6.45) is 4.71. The van der Waals surface area contributed by atoms with Crippen molar-refractivity contribution in [3.05, 3.63) is 36.0 Å². The van der Waals surface area contributed by atoms with Crippen LogP contribution in [0.2, 0.25) is 0 Å². The number of nitrogens with one attached hydrogen (secondary N) is 2. The highest BCUT2D eigenvalue weighted by molar-refractivity contribution is 6.08. The number of benzene rings is 1. The fraction of sp³-hybridized carbons (Fsp3) is 0.333. The van der Waals surface area contributed by atoms with Gasteiger partial charge in [-0.25, -0.2) is 10.1 Å². The van der Waals surface area contributed by atoms with Crippen LogP contribution >= 0.6 is 0 Å². The largest absolute Gasteiger partial charge is 0.508 e. The van der Waals surface area contributed by atoms with Crippen molar-refractivity contribution in [3.63, 3.8) is 0 Å². The smallest absolute Gasteiger partial charge is 0.339 e. The van der Waals surface area contributed by atoms with Crippen molar-refractivity contribution >= 4 is 11.7 Å². The van der Waals surface area contributed by atoms with Crippen molar-refractivity contribution in [3.8, 4) is 11.5 Å². The number of amides is 1. The molecule has 0 radical (unpaired) electrons. The Bertz CT molecular complexity index is 609. The van der Waals surface area contributed by atoms with Gasteiger partial charge in [-0.15, -0.1) is 0 Å². The predicted molar refractivity (Wildman–Crippen MR) is 81.8 cm³/mol. The molecule has 1 aliphatic carbocycles. The average molecular weight is 307 g/mol. The molecule has 1 fully saturated rings. The Morgan fingerprint density at radius 2 is 2.23 bits per heavy atom. The first-order valence-corrected chi connectivity index (χ1v) is 6.93. The van der Waals surface area contributed by atoms with Gasteiger partial charge in [-0.1, -0.05) is 0 Å². The van der Waals surface area contributed by atoms with Gasteiger partial charge in [0, 0.05) is 25.4 Å². The fourth-order valence-corrected chi connectivity index (χ4v) is 1.90. The monoisotopic (exact) mass is 307 g/mol. The maximum Gasteiger partial charge on any atom is 0.339 e. The van der Waals surface area contributed by atoms with E-state index in [4.69, 9.17) is 15.3 Å². The first-order valence-electron chi connectivity index (χ1n) is 6.93. The number of amidine groups is 1. The molecule has 0 aromatic heterocycles. The minimum Gasteiger partial charge on any atom is -0.508 e. The van der Waals surface area contributed by atoms with E-state index in [0.717, 1.165) is 12.8 Å². The number of aromatic hydroxyl groups is 1. The highest BCUT2D eigenvalue weighted by Crippen LogP contribution is 2.40. The molecule has 1 aromatic carbocycles.